The lowest BCUT2D eigenvalue weighted by molar-refractivity contribution is 0.0722. The molecule has 3 nitrogen and oxygen atoms in total. The molecule has 0 saturated heterocycles. The SMILES string of the molecule is CC(C)CN(C(=O)c1cccc(N)c1)C1CC1.Cl. The van der Waals surface area contributed by atoms with Gasteiger partial charge in [0.2, 0.25) is 0 Å². The third-order valence-electron chi connectivity index (χ3n) is 2.94. The van der Waals surface area contributed by atoms with E-state index in [4.69, 9.17) is 5.73 Å². The molecule has 0 heterocycles. The summed E-state index contributed by atoms with van der Waals surface area (Å²) in [7, 11) is 0. The Labute approximate surface area is 115 Å². The van der Waals surface area contributed by atoms with Gasteiger partial charge in [-0.3, -0.25) is 4.79 Å². The monoisotopic (exact) mass is 268 g/mol. The van der Waals surface area contributed by atoms with E-state index in [9.17, 15) is 4.79 Å². The largest absolute Gasteiger partial charge is 0.399 e. The first kappa shape index (κ1) is 14.8. The highest BCUT2D eigenvalue weighted by Crippen LogP contribution is 2.29. The van der Waals surface area contributed by atoms with Crippen LogP contribution in [0.5, 0.6) is 0 Å². The fraction of sp³-hybridized carbons (Fsp3) is 0.500. The van der Waals surface area contributed by atoms with Gasteiger partial charge in [0.1, 0.15) is 0 Å². The summed E-state index contributed by atoms with van der Waals surface area (Å²) < 4.78 is 0. The first-order chi connectivity index (χ1) is 8.08. The normalized spacial score (nSPS) is 14.2. The number of carbonyl (C=O) groups excluding carboxylic acids is 1. The minimum absolute atomic E-state index is 0. The van der Waals surface area contributed by atoms with E-state index in [0.717, 1.165) is 19.4 Å². The molecule has 4 heteroatoms. The third kappa shape index (κ3) is 3.64. The molecule has 1 saturated carbocycles. The summed E-state index contributed by atoms with van der Waals surface area (Å²) in [5, 5.41) is 0. The van der Waals surface area contributed by atoms with Gasteiger partial charge in [0, 0.05) is 23.8 Å². The first-order valence-corrected chi connectivity index (χ1v) is 6.24. The van der Waals surface area contributed by atoms with Gasteiger partial charge in [-0.2, -0.15) is 0 Å². The molecule has 0 bridgehead atoms. The van der Waals surface area contributed by atoms with Crippen molar-refractivity contribution in [3.05, 3.63) is 29.8 Å². The predicted molar refractivity (Wildman–Crippen MR) is 77.0 cm³/mol. The standard InChI is InChI=1S/C14H20N2O.ClH/c1-10(2)9-16(13-6-7-13)14(17)11-4-3-5-12(15)8-11;/h3-5,8,10,13H,6-7,9,15H2,1-2H3;1H. The second-order valence-electron chi connectivity index (χ2n) is 5.21. The molecule has 1 amide bonds. The van der Waals surface area contributed by atoms with Crippen molar-refractivity contribution < 1.29 is 4.79 Å². The highest BCUT2D eigenvalue weighted by Gasteiger charge is 2.33. The summed E-state index contributed by atoms with van der Waals surface area (Å²) in [4.78, 5) is 14.4. The Morgan fingerprint density at radius 1 is 1.44 bits per heavy atom. The molecule has 2 N–H and O–H groups in total. The van der Waals surface area contributed by atoms with Gasteiger partial charge in [0.25, 0.3) is 5.91 Å². The maximum atomic E-state index is 12.4. The molecular weight excluding hydrogens is 248 g/mol. The van der Waals surface area contributed by atoms with Crippen molar-refractivity contribution in [2.24, 2.45) is 5.92 Å². The number of hydrogen-bond donors (Lipinski definition) is 1. The van der Waals surface area contributed by atoms with Crippen molar-refractivity contribution in [2.75, 3.05) is 12.3 Å². The van der Waals surface area contributed by atoms with Gasteiger partial charge >= 0.3 is 0 Å². The average molecular weight is 269 g/mol. The van der Waals surface area contributed by atoms with Crippen molar-refractivity contribution in [3.8, 4) is 0 Å². The molecule has 100 valence electrons. The molecule has 1 aromatic carbocycles. The number of amides is 1. The molecule has 1 aliphatic carbocycles. The summed E-state index contributed by atoms with van der Waals surface area (Å²) in [5.74, 6) is 0.620. The van der Waals surface area contributed by atoms with Gasteiger partial charge in [0.15, 0.2) is 0 Å². The van der Waals surface area contributed by atoms with Crippen LogP contribution in [-0.4, -0.2) is 23.4 Å². The number of nitrogen functional groups attached to an aromatic ring is 1. The van der Waals surface area contributed by atoms with Crippen LogP contribution in [0.2, 0.25) is 0 Å². The quantitative estimate of drug-likeness (QED) is 0.854. The Morgan fingerprint density at radius 3 is 2.61 bits per heavy atom. The first-order valence-electron chi connectivity index (χ1n) is 6.24. The van der Waals surface area contributed by atoms with Crippen LogP contribution in [0.3, 0.4) is 0 Å². The lowest BCUT2D eigenvalue weighted by Crippen LogP contribution is -2.36. The number of benzene rings is 1. The van der Waals surface area contributed by atoms with Crippen LogP contribution in [-0.2, 0) is 0 Å². The molecule has 0 aromatic heterocycles. The number of nitrogens with zero attached hydrogens (tertiary/aromatic N) is 1. The van der Waals surface area contributed by atoms with Gasteiger partial charge < -0.3 is 10.6 Å². The van der Waals surface area contributed by atoms with E-state index in [1.54, 1.807) is 12.1 Å². The molecule has 0 radical (unpaired) electrons. The highest BCUT2D eigenvalue weighted by atomic mass is 35.5. The van der Waals surface area contributed by atoms with Crippen LogP contribution < -0.4 is 5.73 Å². The average Bonchev–Trinajstić information content (AvgIpc) is 3.08. The van der Waals surface area contributed by atoms with Gasteiger partial charge in [-0.25, -0.2) is 0 Å². The van der Waals surface area contributed by atoms with E-state index in [1.165, 1.54) is 0 Å². The molecule has 0 unspecified atom stereocenters. The topological polar surface area (TPSA) is 46.3 Å². The van der Waals surface area contributed by atoms with E-state index >= 15 is 0 Å². The van der Waals surface area contributed by atoms with Crippen LogP contribution in [0.25, 0.3) is 0 Å². The van der Waals surface area contributed by atoms with E-state index in [2.05, 4.69) is 13.8 Å². The van der Waals surface area contributed by atoms with Gasteiger partial charge in [-0.1, -0.05) is 19.9 Å². The summed E-state index contributed by atoms with van der Waals surface area (Å²) in [6.07, 6.45) is 2.28. The zero-order valence-corrected chi connectivity index (χ0v) is 11.7. The maximum absolute atomic E-state index is 12.4. The van der Waals surface area contributed by atoms with E-state index in [1.807, 2.05) is 17.0 Å². The lowest BCUT2D eigenvalue weighted by atomic mass is 10.1. The fourth-order valence-corrected chi connectivity index (χ4v) is 2.01. The minimum atomic E-state index is 0. The number of rotatable bonds is 4. The second kappa shape index (κ2) is 6.10. The number of nitrogens with two attached hydrogens (primary N) is 1. The maximum Gasteiger partial charge on any atom is 0.254 e. The van der Waals surface area contributed by atoms with Crippen molar-refractivity contribution in [1.29, 1.82) is 0 Å². The summed E-state index contributed by atoms with van der Waals surface area (Å²) in [6.45, 7) is 5.11. The number of hydrogen-bond acceptors (Lipinski definition) is 2. The van der Waals surface area contributed by atoms with Crippen LogP contribution >= 0.6 is 12.4 Å². The third-order valence-corrected chi connectivity index (χ3v) is 2.94. The molecule has 18 heavy (non-hydrogen) atoms. The zero-order valence-electron chi connectivity index (χ0n) is 10.9. The van der Waals surface area contributed by atoms with Crippen LogP contribution in [0.4, 0.5) is 5.69 Å². The van der Waals surface area contributed by atoms with E-state index in [0.29, 0.717) is 23.2 Å². The predicted octanol–water partition coefficient (Wildman–Crippen LogP) is 2.95. The molecule has 2 rings (SSSR count). The van der Waals surface area contributed by atoms with Crippen LogP contribution in [0.15, 0.2) is 24.3 Å². The van der Waals surface area contributed by atoms with Crippen molar-refractivity contribution >= 4 is 24.0 Å². The zero-order chi connectivity index (χ0) is 12.4. The van der Waals surface area contributed by atoms with Crippen molar-refractivity contribution in [2.45, 2.75) is 32.7 Å². The summed E-state index contributed by atoms with van der Waals surface area (Å²) in [6, 6.07) is 7.70. The van der Waals surface area contributed by atoms with Crippen LogP contribution in [0, 0.1) is 5.92 Å². The van der Waals surface area contributed by atoms with Crippen molar-refractivity contribution in [3.63, 3.8) is 0 Å². The molecule has 0 atom stereocenters. The van der Waals surface area contributed by atoms with E-state index in [-0.39, 0.29) is 18.3 Å². The Morgan fingerprint density at radius 2 is 2.11 bits per heavy atom. The van der Waals surface area contributed by atoms with E-state index < -0.39 is 0 Å². The molecule has 0 spiro atoms. The Kier molecular flexibility index (Phi) is 5.03. The molecule has 1 aromatic rings. The highest BCUT2D eigenvalue weighted by molar-refractivity contribution is 5.95. The minimum Gasteiger partial charge on any atom is -0.399 e. The molecular formula is C14H21ClN2O. The number of halogens is 1. The van der Waals surface area contributed by atoms with Crippen LogP contribution in [0.1, 0.15) is 37.0 Å². The van der Waals surface area contributed by atoms with Crippen molar-refractivity contribution in [1.82, 2.24) is 4.90 Å². The smallest absolute Gasteiger partial charge is 0.254 e. The summed E-state index contributed by atoms with van der Waals surface area (Å²) >= 11 is 0. The Balaban J connectivity index is 0.00000162. The van der Waals surface area contributed by atoms with Gasteiger partial charge in [-0.15, -0.1) is 12.4 Å². The fourth-order valence-electron chi connectivity index (χ4n) is 2.01. The summed E-state index contributed by atoms with van der Waals surface area (Å²) in [5.41, 5.74) is 7.07. The molecule has 1 fully saturated rings. The van der Waals surface area contributed by atoms with Gasteiger partial charge in [-0.05, 0) is 37.0 Å². The second-order valence-corrected chi connectivity index (χ2v) is 5.21. The van der Waals surface area contributed by atoms with Gasteiger partial charge in [0.05, 0.1) is 0 Å². The molecule has 1 aliphatic rings. The Bertz CT molecular complexity index is 416. The number of anilines is 1. The lowest BCUT2D eigenvalue weighted by Gasteiger charge is -2.24. The Hall–Kier alpha value is -1.22. The molecule has 0 aliphatic heterocycles. The number of carbonyl (C=O) groups is 1.